The summed E-state index contributed by atoms with van der Waals surface area (Å²) in [5.41, 5.74) is 8.43. The molecule has 2 aromatic heterocycles. The molecule has 0 amide bonds. The quantitative estimate of drug-likeness (QED) is 0.189. The van der Waals surface area contributed by atoms with Crippen LogP contribution in [0.25, 0.3) is 55.4 Å². The van der Waals surface area contributed by atoms with E-state index in [-0.39, 0.29) is 0 Å². The molecule has 0 bridgehead atoms. The van der Waals surface area contributed by atoms with Crippen LogP contribution in [0.15, 0.2) is 187 Å². The lowest BCUT2D eigenvalue weighted by Crippen LogP contribution is -2.13. The molecule has 228 valence electrons. The van der Waals surface area contributed by atoms with E-state index in [0.717, 1.165) is 44.3 Å². The van der Waals surface area contributed by atoms with E-state index in [4.69, 9.17) is 18.8 Å². The summed E-state index contributed by atoms with van der Waals surface area (Å²) in [6.45, 7) is 0. The molecule has 1 atom stereocenters. The van der Waals surface area contributed by atoms with E-state index >= 15 is 4.21 Å². The number of furan rings is 1. The molecular formula is C42H27N3O2S. The van der Waals surface area contributed by atoms with Crippen molar-refractivity contribution in [1.29, 1.82) is 0 Å². The van der Waals surface area contributed by atoms with Gasteiger partial charge in [-0.05, 0) is 64.7 Å². The van der Waals surface area contributed by atoms with E-state index in [2.05, 4.69) is 60.7 Å². The summed E-state index contributed by atoms with van der Waals surface area (Å²) in [5.74, 6) is 0.763. The summed E-state index contributed by atoms with van der Waals surface area (Å²) in [6, 6.07) is 54.1. The topological polar surface area (TPSA) is 67.8 Å². The molecule has 9 rings (SSSR count). The van der Waals surface area contributed by atoms with Crippen molar-refractivity contribution >= 4 is 43.3 Å². The Hall–Kier alpha value is -6.11. The third-order valence-electron chi connectivity index (χ3n) is 8.76. The molecule has 0 fully saturated rings. The first-order valence-corrected chi connectivity index (χ1v) is 17.2. The molecule has 0 spiro atoms. The molecule has 6 aromatic carbocycles. The molecule has 6 heteroatoms. The molecule has 1 aliphatic heterocycles. The number of fused-ring (bicyclic) bond motifs is 4. The number of rotatable bonds is 5. The van der Waals surface area contributed by atoms with Crippen molar-refractivity contribution in [3.63, 3.8) is 0 Å². The van der Waals surface area contributed by atoms with Gasteiger partial charge in [0.05, 0.1) is 15.5 Å². The monoisotopic (exact) mass is 637 g/mol. The van der Waals surface area contributed by atoms with Gasteiger partial charge in [-0.15, -0.1) is 0 Å². The van der Waals surface area contributed by atoms with E-state index in [0.29, 0.717) is 27.0 Å². The fraction of sp³-hybridized carbons (Fsp3) is 0. The van der Waals surface area contributed by atoms with Crippen LogP contribution in [0.2, 0.25) is 0 Å². The van der Waals surface area contributed by atoms with Crippen molar-refractivity contribution in [1.82, 2.24) is 4.98 Å². The van der Waals surface area contributed by atoms with Gasteiger partial charge in [-0.2, -0.15) is 4.36 Å². The predicted octanol–water partition coefficient (Wildman–Crippen LogP) is 11.0. The molecule has 48 heavy (non-hydrogen) atoms. The maximum atomic E-state index is 15.1. The highest BCUT2D eigenvalue weighted by Gasteiger charge is 2.28. The zero-order chi connectivity index (χ0) is 32.1. The van der Waals surface area contributed by atoms with Gasteiger partial charge in [0.25, 0.3) is 0 Å². The lowest BCUT2D eigenvalue weighted by atomic mass is 9.98. The molecule has 1 aliphatic rings. The van der Waals surface area contributed by atoms with Gasteiger partial charge in [0.1, 0.15) is 20.9 Å². The molecule has 1 unspecified atom stereocenters. The highest BCUT2D eigenvalue weighted by atomic mass is 32.2. The average molecular weight is 638 g/mol. The second-order valence-corrected chi connectivity index (χ2v) is 13.8. The van der Waals surface area contributed by atoms with Gasteiger partial charge < -0.3 is 4.42 Å². The number of pyridine rings is 1. The molecule has 0 radical (unpaired) electrons. The van der Waals surface area contributed by atoms with Crippen LogP contribution < -0.4 is 0 Å². The molecule has 0 aliphatic carbocycles. The summed E-state index contributed by atoms with van der Waals surface area (Å²) in [6.07, 6.45) is 0. The van der Waals surface area contributed by atoms with Crippen molar-refractivity contribution in [3.05, 3.63) is 169 Å². The average Bonchev–Trinajstić information content (AvgIpc) is 3.54. The summed E-state index contributed by atoms with van der Waals surface area (Å²) in [5, 5.41) is 1.81. The number of aliphatic imine (C=N–C) groups is 1. The predicted molar refractivity (Wildman–Crippen MR) is 194 cm³/mol. The van der Waals surface area contributed by atoms with E-state index in [1.165, 1.54) is 11.1 Å². The molecule has 3 heterocycles. The minimum absolute atomic E-state index is 0.361. The molecule has 8 aromatic rings. The minimum atomic E-state index is -3.11. The normalized spacial score (nSPS) is 15.5. The lowest BCUT2D eigenvalue weighted by Gasteiger charge is -2.19. The maximum Gasteiger partial charge on any atom is 0.172 e. The highest BCUT2D eigenvalue weighted by molar-refractivity contribution is 7.94. The lowest BCUT2D eigenvalue weighted by molar-refractivity contribution is 0.669. The summed E-state index contributed by atoms with van der Waals surface area (Å²) in [4.78, 5) is 11.1. The molecule has 0 saturated carbocycles. The molecule has 0 N–H and O–H groups in total. The van der Waals surface area contributed by atoms with Crippen LogP contribution in [-0.4, -0.2) is 15.0 Å². The fourth-order valence-electron chi connectivity index (χ4n) is 6.37. The van der Waals surface area contributed by atoms with Gasteiger partial charge >= 0.3 is 0 Å². The number of hydrogen-bond donors (Lipinski definition) is 0. The van der Waals surface area contributed by atoms with E-state index < -0.39 is 9.73 Å². The van der Waals surface area contributed by atoms with Gasteiger partial charge in [-0.3, -0.25) is 0 Å². The van der Waals surface area contributed by atoms with E-state index in [1.807, 2.05) is 103 Å². The van der Waals surface area contributed by atoms with Crippen molar-refractivity contribution in [2.75, 3.05) is 0 Å². The second-order valence-electron chi connectivity index (χ2n) is 11.7. The van der Waals surface area contributed by atoms with Crippen LogP contribution >= 0.6 is 0 Å². The van der Waals surface area contributed by atoms with Crippen LogP contribution in [-0.2, 0) is 9.73 Å². The van der Waals surface area contributed by atoms with Crippen LogP contribution in [0, 0.1) is 0 Å². The maximum absolute atomic E-state index is 15.1. The Morgan fingerprint density at radius 2 is 1.15 bits per heavy atom. The Morgan fingerprint density at radius 1 is 0.521 bits per heavy atom. The Kier molecular flexibility index (Phi) is 6.62. The molecular weight excluding hydrogens is 611 g/mol. The number of amidine groups is 1. The first-order valence-electron chi connectivity index (χ1n) is 15.7. The van der Waals surface area contributed by atoms with Gasteiger partial charge in [0.2, 0.25) is 0 Å². The van der Waals surface area contributed by atoms with Crippen molar-refractivity contribution < 1.29 is 8.63 Å². The first-order chi connectivity index (χ1) is 23.6. The van der Waals surface area contributed by atoms with Crippen molar-refractivity contribution in [2.45, 2.75) is 9.79 Å². The SMILES string of the molecule is O=S1(c2ccccc2)=NC(c2cccc3oc4ccc(-c5ccc(-c6ccccc6)cc5)cc4c23)=Nc2nc(-c3ccccc3)ccc21. The van der Waals surface area contributed by atoms with Gasteiger partial charge in [0, 0.05) is 21.9 Å². The number of benzene rings is 6. The molecule has 0 saturated heterocycles. The second kappa shape index (κ2) is 11.3. The first kappa shape index (κ1) is 28.1. The largest absolute Gasteiger partial charge is 0.456 e. The van der Waals surface area contributed by atoms with E-state index in [9.17, 15) is 0 Å². The van der Waals surface area contributed by atoms with Crippen molar-refractivity contribution in [2.24, 2.45) is 9.36 Å². The van der Waals surface area contributed by atoms with Gasteiger partial charge in [-0.1, -0.05) is 121 Å². The minimum Gasteiger partial charge on any atom is -0.456 e. The summed E-state index contributed by atoms with van der Waals surface area (Å²) in [7, 11) is -3.11. The van der Waals surface area contributed by atoms with E-state index in [1.54, 1.807) is 0 Å². The Labute approximate surface area is 278 Å². The third kappa shape index (κ3) is 4.73. The Morgan fingerprint density at radius 3 is 1.88 bits per heavy atom. The van der Waals surface area contributed by atoms with Gasteiger partial charge in [-0.25, -0.2) is 14.2 Å². The fourth-order valence-corrected chi connectivity index (χ4v) is 8.32. The van der Waals surface area contributed by atoms with Crippen molar-refractivity contribution in [3.8, 4) is 33.5 Å². The summed E-state index contributed by atoms with van der Waals surface area (Å²) < 4.78 is 26.4. The van der Waals surface area contributed by atoms with Crippen LogP contribution in [0.5, 0.6) is 0 Å². The zero-order valence-electron chi connectivity index (χ0n) is 25.7. The smallest absolute Gasteiger partial charge is 0.172 e. The van der Waals surface area contributed by atoms with Crippen LogP contribution in [0.4, 0.5) is 5.82 Å². The summed E-state index contributed by atoms with van der Waals surface area (Å²) >= 11 is 0. The zero-order valence-corrected chi connectivity index (χ0v) is 26.5. The molecule has 5 nitrogen and oxygen atoms in total. The van der Waals surface area contributed by atoms with Crippen LogP contribution in [0.3, 0.4) is 0 Å². The Balaban J connectivity index is 1.22. The third-order valence-corrected chi connectivity index (χ3v) is 11.0. The number of nitrogens with zero attached hydrogens (tertiary/aromatic N) is 3. The number of hydrogen-bond acceptors (Lipinski definition) is 5. The standard InChI is InChI=1S/C42H27N3O2S/c46-48(33-15-8-3-9-16-33)39-26-24-36(31-13-6-2-7-14-31)43-42(39)44-41(45-48)34-17-10-18-38-40(34)35-27-32(23-25-37(35)47-38)30-21-19-29(20-22-30)28-11-4-1-5-12-28/h1-27H. The van der Waals surface area contributed by atoms with Gasteiger partial charge in [0.15, 0.2) is 11.7 Å². The number of aromatic nitrogens is 1. The van der Waals surface area contributed by atoms with Crippen LogP contribution in [0.1, 0.15) is 5.56 Å². The Bertz CT molecular complexity index is 2640. The highest BCUT2D eigenvalue weighted by Crippen LogP contribution is 2.40.